The van der Waals surface area contributed by atoms with E-state index in [-0.39, 0.29) is 12.3 Å². The molecular formula is C20H17ClN2O3. The van der Waals surface area contributed by atoms with E-state index >= 15 is 0 Å². The fourth-order valence-electron chi connectivity index (χ4n) is 2.39. The van der Waals surface area contributed by atoms with Crippen molar-refractivity contribution in [1.82, 2.24) is 5.43 Å². The molecule has 0 bridgehead atoms. The third-order valence-electron chi connectivity index (χ3n) is 3.65. The molecule has 1 amide bonds. The Kier molecular flexibility index (Phi) is 5.71. The van der Waals surface area contributed by atoms with Gasteiger partial charge in [-0.1, -0.05) is 41.9 Å². The zero-order valence-corrected chi connectivity index (χ0v) is 14.9. The SMILES string of the molecule is COc1ccc(-c2ccc(C=NNC(=O)Cc3ccccc3)o2)cc1Cl. The van der Waals surface area contributed by atoms with Gasteiger partial charge in [-0.15, -0.1) is 0 Å². The Morgan fingerprint density at radius 2 is 2.00 bits per heavy atom. The van der Waals surface area contributed by atoms with E-state index in [1.165, 1.54) is 6.21 Å². The lowest BCUT2D eigenvalue weighted by atomic mass is 10.1. The number of halogens is 1. The van der Waals surface area contributed by atoms with Crippen molar-refractivity contribution in [3.8, 4) is 17.1 Å². The van der Waals surface area contributed by atoms with Crippen molar-refractivity contribution in [2.75, 3.05) is 7.11 Å². The molecule has 0 fully saturated rings. The second-order valence-corrected chi connectivity index (χ2v) is 5.91. The van der Waals surface area contributed by atoms with Crippen molar-refractivity contribution in [1.29, 1.82) is 0 Å². The molecule has 0 radical (unpaired) electrons. The third kappa shape index (κ3) is 4.52. The van der Waals surface area contributed by atoms with E-state index < -0.39 is 0 Å². The van der Waals surface area contributed by atoms with Crippen LogP contribution in [0.2, 0.25) is 5.02 Å². The molecule has 0 saturated heterocycles. The summed E-state index contributed by atoms with van der Waals surface area (Å²) in [5.74, 6) is 1.57. The Balaban J connectivity index is 1.60. The topological polar surface area (TPSA) is 63.8 Å². The van der Waals surface area contributed by atoms with E-state index in [0.717, 1.165) is 11.1 Å². The normalized spacial score (nSPS) is 10.8. The molecule has 5 nitrogen and oxygen atoms in total. The molecule has 1 N–H and O–H groups in total. The average molecular weight is 369 g/mol. The highest BCUT2D eigenvalue weighted by atomic mass is 35.5. The molecule has 3 aromatic rings. The van der Waals surface area contributed by atoms with Crippen LogP contribution in [-0.2, 0) is 11.2 Å². The summed E-state index contributed by atoms with van der Waals surface area (Å²) in [7, 11) is 1.56. The number of nitrogens with zero attached hydrogens (tertiary/aromatic N) is 1. The Hall–Kier alpha value is -3.05. The Morgan fingerprint density at radius 3 is 2.73 bits per heavy atom. The molecule has 1 aromatic heterocycles. The first kappa shape index (κ1) is 17.8. The maximum absolute atomic E-state index is 11.8. The number of amides is 1. The molecule has 0 aliphatic rings. The summed E-state index contributed by atoms with van der Waals surface area (Å²) in [5, 5.41) is 4.43. The molecule has 26 heavy (non-hydrogen) atoms. The van der Waals surface area contributed by atoms with E-state index in [0.29, 0.717) is 22.3 Å². The molecule has 0 atom stereocenters. The summed E-state index contributed by atoms with van der Waals surface area (Å²) in [5.41, 5.74) is 4.24. The lowest BCUT2D eigenvalue weighted by Gasteiger charge is -2.04. The Labute approximate surface area is 156 Å². The van der Waals surface area contributed by atoms with Crippen LogP contribution < -0.4 is 10.2 Å². The zero-order valence-electron chi connectivity index (χ0n) is 14.1. The number of methoxy groups -OCH3 is 1. The number of hydrazone groups is 1. The summed E-state index contributed by atoms with van der Waals surface area (Å²) in [6.07, 6.45) is 1.73. The number of hydrogen-bond acceptors (Lipinski definition) is 4. The molecule has 0 saturated carbocycles. The number of carbonyl (C=O) groups excluding carboxylic acids is 1. The van der Waals surface area contributed by atoms with E-state index in [4.69, 9.17) is 20.8 Å². The van der Waals surface area contributed by atoms with Crippen LogP contribution >= 0.6 is 11.6 Å². The van der Waals surface area contributed by atoms with Gasteiger partial charge in [0, 0.05) is 5.56 Å². The van der Waals surface area contributed by atoms with Crippen molar-refractivity contribution >= 4 is 23.7 Å². The Morgan fingerprint density at radius 1 is 1.19 bits per heavy atom. The molecule has 3 rings (SSSR count). The first-order chi connectivity index (χ1) is 12.7. The van der Waals surface area contributed by atoms with Crippen LogP contribution in [0.1, 0.15) is 11.3 Å². The van der Waals surface area contributed by atoms with Gasteiger partial charge in [0.1, 0.15) is 17.3 Å². The molecule has 2 aromatic carbocycles. The van der Waals surface area contributed by atoms with Crippen LogP contribution in [0.4, 0.5) is 0 Å². The van der Waals surface area contributed by atoms with E-state index in [1.54, 1.807) is 25.3 Å². The second kappa shape index (κ2) is 8.36. The molecule has 132 valence electrons. The molecule has 0 aliphatic heterocycles. The highest BCUT2D eigenvalue weighted by Gasteiger charge is 2.07. The Bertz CT molecular complexity index is 920. The van der Waals surface area contributed by atoms with Gasteiger partial charge in [0.15, 0.2) is 0 Å². The first-order valence-corrected chi connectivity index (χ1v) is 8.33. The summed E-state index contributed by atoms with van der Waals surface area (Å²) < 4.78 is 10.8. The zero-order chi connectivity index (χ0) is 18.4. The largest absolute Gasteiger partial charge is 0.495 e. The molecule has 0 spiro atoms. The number of nitrogens with one attached hydrogen (secondary N) is 1. The maximum atomic E-state index is 11.8. The molecule has 6 heteroatoms. The first-order valence-electron chi connectivity index (χ1n) is 7.95. The van der Waals surface area contributed by atoms with Crippen LogP contribution in [0.5, 0.6) is 5.75 Å². The minimum Gasteiger partial charge on any atom is -0.495 e. The summed E-state index contributed by atoms with van der Waals surface area (Å²) in [4.78, 5) is 11.8. The standard InChI is InChI=1S/C20H17ClN2O3/c1-25-19-9-7-15(12-17(19)21)18-10-8-16(26-18)13-22-23-20(24)11-14-5-3-2-4-6-14/h2-10,12-13H,11H2,1H3,(H,23,24). The van der Waals surface area contributed by atoms with Gasteiger partial charge in [-0.05, 0) is 35.9 Å². The number of ether oxygens (including phenoxy) is 1. The van der Waals surface area contributed by atoms with Crippen LogP contribution in [-0.4, -0.2) is 19.2 Å². The summed E-state index contributed by atoms with van der Waals surface area (Å²) >= 11 is 6.13. The molecule has 0 unspecified atom stereocenters. The molecular weight excluding hydrogens is 352 g/mol. The van der Waals surface area contributed by atoms with Gasteiger partial charge in [0.25, 0.3) is 0 Å². The van der Waals surface area contributed by atoms with Gasteiger partial charge < -0.3 is 9.15 Å². The van der Waals surface area contributed by atoms with Crippen molar-refractivity contribution < 1.29 is 13.9 Å². The highest BCUT2D eigenvalue weighted by molar-refractivity contribution is 6.32. The lowest BCUT2D eigenvalue weighted by Crippen LogP contribution is -2.19. The van der Waals surface area contributed by atoms with Crippen molar-refractivity contribution in [3.63, 3.8) is 0 Å². The van der Waals surface area contributed by atoms with E-state index in [1.807, 2.05) is 42.5 Å². The fourth-order valence-corrected chi connectivity index (χ4v) is 2.64. The predicted octanol–water partition coefficient (Wildman–Crippen LogP) is 4.30. The monoisotopic (exact) mass is 368 g/mol. The van der Waals surface area contributed by atoms with Gasteiger partial charge in [0.05, 0.1) is 24.8 Å². The quantitative estimate of drug-likeness (QED) is 0.521. The lowest BCUT2D eigenvalue weighted by molar-refractivity contribution is -0.120. The van der Waals surface area contributed by atoms with Crippen molar-refractivity contribution in [2.45, 2.75) is 6.42 Å². The number of rotatable bonds is 6. The average Bonchev–Trinajstić information content (AvgIpc) is 3.11. The summed E-state index contributed by atoms with van der Waals surface area (Å²) in [6.45, 7) is 0. The van der Waals surface area contributed by atoms with Gasteiger partial charge in [-0.2, -0.15) is 5.10 Å². The smallest absolute Gasteiger partial charge is 0.244 e. The predicted molar refractivity (Wildman–Crippen MR) is 102 cm³/mol. The minimum absolute atomic E-state index is 0.193. The van der Waals surface area contributed by atoms with Crippen LogP contribution in [0.25, 0.3) is 11.3 Å². The van der Waals surface area contributed by atoms with Gasteiger partial charge in [0.2, 0.25) is 5.91 Å². The number of furan rings is 1. The van der Waals surface area contributed by atoms with Crippen molar-refractivity contribution in [3.05, 3.63) is 77.0 Å². The van der Waals surface area contributed by atoms with Crippen LogP contribution in [0.3, 0.4) is 0 Å². The van der Waals surface area contributed by atoms with Crippen molar-refractivity contribution in [2.24, 2.45) is 5.10 Å². The number of hydrogen-bond donors (Lipinski definition) is 1. The van der Waals surface area contributed by atoms with Crippen LogP contribution in [0, 0.1) is 0 Å². The molecule has 0 aliphatic carbocycles. The maximum Gasteiger partial charge on any atom is 0.244 e. The number of carbonyl (C=O) groups is 1. The minimum atomic E-state index is -0.193. The third-order valence-corrected chi connectivity index (χ3v) is 3.95. The number of benzene rings is 2. The van der Waals surface area contributed by atoms with Crippen LogP contribution in [0.15, 0.2) is 70.2 Å². The highest BCUT2D eigenvalue weighted by Crippen LogP contribution is 2.30. The van der Waals surface area contributed by atoms with E-state index in [9.17, 15) is 4.79 Å². The fraction of sp³-hybridized carbons (Fsp3) is 0.100. The van der Waals surface area contributed by atoms with Gasteiger partial charge in [-0.3, -0.25) is 4.79 Å². The molecule has 1 heterocycles. The van der Waals surface area contributed by atoms with E-state index in [2.05, 4.69) is 10.5 Å². The summed E-state index contributed by atoms with van der Waals surface area (Å²) in [6, 6.07) is 18.4. The van der Waals surface area contributed by atoms with Gasteiger partial charge >= 0.3 is 0 Å². The second-order valence-electron chi connectivity index (χ2n) is 5.51. The van der Waals surface area contributed by atoms with Gasteiger partial charge in [-0.25, -0.2) is 5.43 Å².